The Bertz CT molecular complexity index is 205. The Morgan fingerprint density at radius 2 is 2.58 bits per heavy atom. The van der Waals surface area contributed by atoms with Crippen molar-refractivity contribution in [1.29, 1.82) is 0 Å². The van der Waals surface area contributed by atoms with Gasteiger partial charge in [-0.25, -0.2) is 0 Å². The summed E-state index contributed by atoms with van der Waals surface area (Å²) in [6.45, 7) is 0.914. The fourth-order valence-corrected chi connectivity index (χ4v) is 2.20. The molecule has 12 heavy (non-hydrogen) atoms. The topological polar surface area (TPSA) is 46.1 Å². The summed E-state index contributed by atoms with van der Waals surface area (Å²) in [7, 11) is 2.03. The zero-order valence-electron chi connectivity index (χ0n) is 7.36. The number of ether oxygens (including phenoxy) is 1. The molecule has 0 radical (unpaired) electrons. The molecule has 0 aliphatic carbocycles. The lowest BCUT2D eigenvalue weighted by atomic mass is 9.94. The van der Waals surface area contributed by atoms with E-state index in [1.165, 1.54) is 0 Å². The van der Waals surface area contributed by atoms with Crippen molar-refractivity contribution >= 4 is 0 Å². The fourth-order valence-electron chi connectivity index (χ4n) is 2.20. The molecule has 3 heteroatoms. The second kappa shape index (κ2) is 2.83. The van der Waals surface area contributed by atoms with Gasteiger partial charge in [0, 0.05) is 12.8 Å². The van der Waals surface area contributed by atoms with Gasteiger partial charge in [-0.2, -0.15) is 0 Å². The van der Waals surface area contributed by atoms with Crippen LogP contribution in [0.4, 0.5) is 0 Å². The van der Waals surface area contributed by atoms with Crippen molar-refractivity contribution in [2.45, 2.75) is 30.7 Å². The molecular formula is C9H16NO2+. The van der Waals surface area contributed by atoms with Crippen molar-refractivity contribution in [3.05, 3.63) is 12.2 Å². The monoisotopic (exact) mass is 170 g/mol. The Balaban J connectivity index is 2.10. The molecule has 0 saturated carbocycles. The van der Waals surface area contributed by atoms with Crippen LogP contribution in [0, 0.1) is 0 Å². The minimum Gasteiger partial charge on any atom is -0.393 e. The number of nitrogens with two attached hydrogens (primary N) is 1. The first kappa shape index (κ1) is 8.23. The summed E-state index contributed by atoms with van der Waals surface area (Å²) in [5.74, 6) is 0. The Morgan fingerprint density at radius 3 is 3.33 bits per heavy atom. The van der Waals surface area contributed by atoms with Gasteiger partial charge in [0.25, 0.3) is 0 Å². The van der Waals surface area contributed by atoms with Crippen molar-refractivity contribution in [3.8, 4) is 0 Å². The van der Waals surface area contributed by atoms with Crippen LogP contribution in [0.2, 0.25) is 0 Å². The summed E-state index contributed by atoms with van der Waals surface area (Å²) in [5, 5.41) is 11.6. The van der Waals surface area contributed by atoms with E-state index in [1.54, 1.807) is 0 Å². The summed E-state index contributed by atoms with van der Waals surface area (Å²) in [6.07, 6.45) is 5.70. The largest absolute Gasteiger partial charge is 0.393 e. The average Bonchev–Trinajstić information content (AvgIpc) is 2.27. The molecule has 68 valence electrons. The Morgan fingerprint density at radius 1 is 1.75 bits per heavy atom. The molecule has 3 nitrogen and oxygen atoms in total. The number of aliphatic hydroxyl groups excluding tert-OH is 1. The van der Waals surface area contributed by atoms with Crippen LogP contribution in [0.3, 0.4) is 0 Å². The first-order chi connectivity index (χ1) is 5.74. The van der Waals surface area contributed by atoms with E-state index in [4.69, 9.17) is 4.74 Å². The lowest BCUT2D eigenvalue weighted by Crippen LogP contribution is -2.84. The van der Waals surface area contributed by atoms with Crippen molar-refractivity contribution in [2.75, 3.05) is 13.6 Å². The molecule has 2 aliphatic heterocycles. The predicted octanol–water partition coefficient (Wildman–Crippen LogP) is -0.972. The van der Waals surface area contributed by atoms with Gasteiger partial charge in [-0.3, -0.25) is 0 Å². The van der Waals surface area contributed by atoms with Crippen molar-refractivity contribution in [3.63, 3.8) is 0 Å². The second-order valence-electron chi connectivity index (χ2n) is 3.79. The van der Waals surface area contributed by atoms with Crippen LogP contribution >= 0.6 is 0 Å². The summed E-state index contributed by atoms with van der Waals surface area (Å²) >= 11 is 0. The summed E-state index contributed by atoms with van der Waals surface area (Å²) in [5.41, 5.74) is -0.170. The maximum atomic E-state index is 9.55. The van der Waals surface area contributed by atoms with Crippen LogP contribution in [-0.2, 0) is 4.74 Å². The van der Waals surface area contributed by atoms with Crippen LogP contribution in [0.15, 0.2) is 12.2 Å². The van der Waals surface area contributed by atoms with Crippen LogP contribution in [0.1, 0.15) is 12.8 Å². The van der Waals surface area contributed by atoms with Gasteiger partial charge in [0.2, 0.25) is 0 Å². The van der Waals surface area contributed by atoms with Gasteiger partial charge in [-0.1, -0.05) is 6.08 Å². The molecule has 1 fully saturated rings. The van der Waals surface area contributed by atoms with Gasteiger partial charge in [0.15, 0.2) is 0 Å². The number of hydrogen-bond donors (Lipinski definition) is 2. The third-order valence-corrected chi connectivity index (χ3v) is 2.64. The van der Waals surface area contributed by atoms with Crippen LogP contribution in [0.5, 0.6) is 0 Å². The highest BCUT2D eigenvalue weighted by Crippen LogP contribution is 2.35. The standard InChI is InChI=1S/C9H15NO2/c1-10-6-9-3-2-8(12-9)4-7(11)5-9/h2-3,7-8,10-11H,4-6H2,1H3/p+1/t7-,8-,9-/m0/s1. The van der Waals surface area contributed by atoms with Gasteiger partial charge >= 0.3 is 0 Å². The lowest BCUT2D eigenvalue weighted by Gasteiger charge is -2.34. The Hall–Kier alpha value is -0.380. The molecule has 0 amide bonds. The number of aliphatic hydroxyl groups is 1. The van der Waals surface area contributed by atoms with Crippen LogP contribution in [0.25, 0.3) is 0 Å². The summed E-state index contributed by atoms with van der Waals surface area (Å²) in [6, 6.07) is 0. The number of fused-ring (bicyclic) bond motifs is 2. The molecule has 0 spiro atoms. The van der Waals surface area contributed by atoms with E-state index in [0.717, 1.165) is 19.4 Å². The summed E-state index contributed by atoms with van der Waals surface area (Å²) in [4.78, 5) is 0. The van der Waals surface area contributed by atoms with Crippen molar-refractivity contribution in [2.24, 2.45) is 0 Å². The molecule has 2 bridgehead atoms. The van der Waals surface area contributed by atoms with Gasteiger partial charge in [0.05, 0.1) is 19.3 Å². The zero-order valence-corrected chi connectivity index (χ0v) is 7.36. The Labute approximate surface area is 72.4 Å². The fraction of sp³-hybridized carbons (Fsp3) is 0.778. The van der Waals surface area contributed by atoms with E-state index in [2.05, 4.69) is 17.5 Å². The lowest BCUT2D eigenvalue weighted by molar-refractivity contribution is -0.640. The number of likely N-dealkylation sites (N-methyl/N-ethyl adjacent to an activating group) is 1. The molecule has 0 aromatic rings. The molecular weight excluding hydrogens is 154 g/mol. The normalized spacial score (nSPS) is 45.2. The van der Waals surface area contributed by atoms with Crippen molar-refractivity contribution < 1.29 is 15.2 Å². The summed E-state index contributed by atoms with van der Waals surface area (Å²) < 4.78 is 5.79. The highest BCUT2D eigenvalue weighted by molar-refractivity contribution is 5.15. The number of rotatable bonds is 2. The third-order valence-electron chi connectivity index (χ3n) is 2.64. The van der Waals surface area contributed by atoms with E-state index < -0.39 is 0 Å². The first-order valence-corrected chi connectivity index (χ1v) is 4.57. The third kappa shape index (κ3) is 1.28. The molecule has 2 aliphatic rings. The molecule has 1 saturated heterocycles. The molecule has 2 heterocycles. The van der Waals surface area contributed by atoms with Gasteiger partial charge in [0.1, 0.15) is 12.1 Å². The highest BCUT2D eigenvalue weighted by Gasteiger charge is 2.43. The van der Waals surface area contributed by atoms with E-state index >= 15 is 0 Å². The predicted molar refractivity (Wildman–Crippen MR) is 44.7 cm³/mol. The SMILES string of the molecule is C[NH2+]C[C@]12C=C[C@@H](C[C@H](O)C1)O2. The van der Waals surface area contributed by atoms with Gasteiger partial charge in [-0.15, -0.1) is 0 Å². The Kier molecular flexibility index (Phi) is 1.94. The minimum atomic E-state index is -0.182. The van der Waals surface area contributed by atoms with Crippen LogP contribution < -0.4 is 5.32 Å². The molecule has 0 unspecified atom stereocenters. The van der Waals surface area contributed by atoms with Gasteiger partial charge < -0.3 is 15.2 Å². The second-order valence-corrected chi connectivity index (χ2v) is 3.79. The molecule has 3 atom stereocenters. The highest BCUT2D eigenvalue weighted by atomic mass is 16.5. The smallest absolute Gasteiger partial charge is 0.138 e. The average molecular weight is 170 g/mol. The molecule has 3 N–H and O–H groups in total. The maximum absolute atomic E-state index is 9.55. The van der Waals surface area contributed by atoms with E-state index in [-0.39, 0.29) is 17.8 Å². The quantitative estimate of drug-likeness (QED) is 0.524. The number of hydrogen-bond acceptors (Lipinski definition) is 2. The first-order valence-electron chi connectivity index (χ1n) is 4.57. The van der Waals surface area contributed by atoms with E-state index in [0.29, 0.717) is 0 Å². The molecule has 0 aromatic heterocycles. The van der Waals surface area contributed by atoms with Gasteiger partial charge in [-0.05, 0) is 6.08 Å². The van der Waals surface area contributed by atoms with E-state index in [9.17, 15) is 5.11 Å². The number of quaternary nitrogens is 1. The maximum Gasteiger partial charge on any atom is 0.138 e. The van der Waals surface area contributed by atoms with Crippen LogP contribution in [-0.4, -0.2) is 36.5 Å². The molecule has 2 rings (SSSR count). The minimum absolute atomic E-state index is 0.161. The zero-order chi connectivity index (χ0) is 8.60. The van der Waals surface area contributed by atoms with Crippen molar-refractivity contribution in [1.82, 2.24) is 0 Å². The van der Waals surface area contributed by atoms with E-state index in [1.807, 2.05) is 7.05 Å². The molecule has 0 aromatic carbocycles.